The molecule has 7 nitrogen and oxygen atoms in total. The Hall–Kier alpha value is -2.83. The van der Waals surface area contributed by atoms with Crippen LogP contribution in [0.4, 0.5) is 4.79 Å². The van der Waals surface area contributed by atoms with E-state index in [2.05, 4.69) is 0 Å². The van der Waals surface area contributed by atoms with Gasteiger partial charge in [0.05, 0.1) is 0 Å². The van der Waals surface area contributed by atoms with Gasteiger partial charge in [-0.1, -0.05) is 0 Å². The van der Waals surface area contributed by atoms with Gasteiger partial charge in [0.25, 0.3) is 0 Å². The van der Waals surface area contributed by atoms with Gasteiger partial charge < -0.3 is 19.1 Å². The molecule has 0 radical (unpaired) electrons. The second kappa shape index (κ2) is 10.3. The maximum absolute atomic E-state index is 12.5. The van der Waals surface area contributed by atoms with Crippen LogP contribution in [-0.2, 0) is 23.8 Å². The summed E-state index contributed by atoms with van der Waals surface area (Å²) >= 11 is 0. The Labute approximate surface area is 178 Å². The molecular formula is C23H31NO6. The minimum absolute atomic E-state index is 0.316. The van der Waals surface area contributed by atoms with Crippen LogP contribution in [0.3, 0.4) is 0 Å². The Balaban J connectivity index is 1.85. The molecule has 2 heterocycles. The van der Waals surface area contributed by atoms with Crippen molar-refractivity contribution in [2.45, 2.75) is 65.9 Å². The second-order valence-electron chi connectivity index (χ2n) is 8.40. The van der Waals surface area contributed by atoms with Crippen LogP contribution in [0.15, 0.2) is 47.0 Å². The summed E-state index contributed by atoms with van der Waals surface area (Å²) in [5.41, 5.74) is 0.604. The number of hydrogen-bond acceptors (Lipinski definition) is 6. The maximum Gasteiger partial charge on any atom is 0.410 e. The fraction of sp³-hybridized carbons (Fsp3) is 0.522. The molecule has 0 aliphatic carbocycles. The Morgan fingerprint density at radius 3 is 1.70 bits per heavy atom. The van der Waals surface area contributed by atoms with Crippen molar-refractivity contribution in [3.05, 3.63) is 47.0 Å². The summed E-state index contributed by atoms with van der Waals surface area (Å²) in [7, 11) is 0. The molecule has 0 aromatic carbocycles. The van der Waals surface area contributed by atoms with Gasteiger partial charge in [0.2, 0.25) is 0 Å². The molecule has 0 aromatic heterocycles. The minimum Gasteiger partial charge on any atom is -0.444 e. The predicted molar refractivity (Wildman–Crippen MR) is 112 cm³/mol. The Bertz CT molecular complexity index is 756. The minimum atomic E-state index is -0.569. The van der Waals surface area contributed by atoms with Crippen LogP contribution in [0.5, 0.6) is 0 Å². The first-order valence-electron chi connectivity index (χ1n) is 10.2. The van der Waals surface area contributed by atoms with E-state index < -0.39 is 5.60 Å². The average Bonchev–Trinajstić information content (AvgIpc) is 3.12. The molecule has 0 spiro atoms. The maximum atomic E-state index is 12.5. The van der Waals surface area contributed by atoms with Crippen molar-refractivity contribution in [2.24, 2.45) is 0 Å². The molecule has 0 atom stereocenters. The molecule has 0 fully saturated rings. The highest BCUT2D eigenvalue weighted by molar-refractivity contribution is 5.92. The lowest BCUT2D eigenvalue weighted by molar-refractivity contribution is -0.134. The Morgan fingerprint density at radius 1 is 0.933 bits per heavy atom. The predicted octanol–water partition coefficient (Wildman–Crippen LogP) is 4.56. The van der Waals surface area contributed by atoms with Gasteiger partial charge in [0.1, 0.15) is 17.1 Å². The van der Waals surface area contributed by atoms with Gasteiger partial charge in [-0.15, -0.1) is 0 Å². The zero-order chi connectivity index (χ0) is 22.3. The molecule has 2 aliphatic heterocycles. The Kier molecular flexibility index (Phi) is 8.03. The fourth-order valence-electron chi connectivity index (χ4n) is 2.85. The molecule has 2 rings (SSSR count). The summed E-state index contributed by atoms with van der Waals surface area (Å²) < 4.78 is 15.7. The van der Waals surface area contributed by atoms with E-state index in [-0.39, 0.29) is 18.0 Å². The van der Waals surface area contributed by atoms with Crippen LogP contribution in [0, 0.1) is 0 Å². The van der Waals surface area contributed by atoms with Crippen LogP contribution in [-0.4, -0.2) is 41.6 Å². The van der Waals surface area contributed by atoms with Gasteiger partial charge in [-0.2, -0.15) is 0 Å². The highest BCUT2D eigenvalue weighted by Gasteiger charge is 2.22. The third kappa shape index (κ3) is 7.54. The van der Waals surface area contributed by atoms with Crippen molar-refractivity contribution >= 4 is 18.0 Å². The van der Waals surface area contributed by atoms with E-state index in [1.54, 1.807) is 30.9 Å². The molecule has 164 valence electrons. The fourth-order valence-corrected chi connectivity index (χ4v) is 2.85. The number of ether oxygens (including phenoxy) is 3. The van der Waals surface area contributed by atoms with E-state index in [4.69, 9.17) is 14.2 Å². The molecule has 0 saturated carbocycles. The number of carbonyl (C=O) groups excluding carboxylic acids is 3. The van der Waals surface area contributed by atoms with Gasteiger partial charge in [0.15, 0.2) is 0 Å². The van der Waals surface area contributed by atoms with Crippen molar-refractivity contribution in [3.8, 4) is 0 Å². The lowest BCUT2D eigenvalue weighted by Gasteiger charge is -2.27. The molecule has 7 heteroatoms. The number of amides is 1. The first-order valence-corrected chi connectivity index (χ1v) is 10.2. The number of rotatable bonds is 8. The molecular weight excluding hydrogens is 386 g/mol. The topological polar surface area (TPSA) is 82.1 Å². The summed E-state index contributed by atoms with van der Waals surface area (Å²) in [5, 5.41) is 0. The summed E-state index contributed by atoms with van der Waals surface area (Å²) in [6.07, 6.45) is 9.58. The SMILES string of the molecule is CC1=C/C(=C/CCCN(CCC/C=C2/C=C(C)C(=O)O2)C(=O)OC(C)(C)C)OC1=O. The highest BCUT2D eigenvalue weighted by Crippen LogP contribution is 2.19. The summed E-state index contributed by atoms with van der Waals surface area (Å²) in [5.74, 6) is 0.484. The highest BCUT2D eigenvalue weighted by atomic mass is 16.6. The van der Waals surface area contributed by atoms with E-state index in [0.717, 1.165) is 0 Å². The van der Waals surface area contributed by atoms with Gasteiger partial charge in [-0.05, 0) is 84.6 Å². The zero-order valence-corrected chi connectivity index (χ0v) is 18.4. The standard InChI is InChI=1S/C23H31NO6/c1-16-14-18(28-20(16)25)10-6-8-12-24(22(27)30-23(3,4)5)13-9-7-11-19-15-17(2)21(26)29-19/h10-11,14-15H,6-9,12-13H2,1-5H3/b18-10-,19-11-. The van der Waals surface area contributed by atoms with Crippen molar-refractivity contribution in [1.82, 2.24) is 4.90 Å². The molecule has 0 bridgehead atoms. The third-order valence-electron chi connectivity index (χ3n) is 4.39. The molecule has 30 heavy (non-hydrogen) atoms. The number of allylic oxidation sites excluding steroid dienone is 4. The largest absolute Gasteiger partial charge is 0.444 e. The van der Waals surface area contributed by atoms with Crippen molar-refractivity contribution < 1.29 is 28.6 Å². The zero-order valence-electron chi connectivity index (χ0n) is 18.4. The lowest BCUT2D eigenvalue weighted by atomic mass is 10.2. The summed E-state index contributed by atoms with van der Waals surface area (Å²) in [6, 6.07) is 0. The van der Waals surface area contributed by atoms with Crippen molar-refractivity contribution in [1.29, 1.82) is 0 Å². The summed E-state index contributed by atoms with van der Waals surface area (Å²) in [6.45, 7) is 10.00. The Morgan fingerprint density at radius 2 is 1.37 bits per heavy atom. The van der Waals surface area contributed by atoms with Crippen LogP contribution in [0.1, 0.15) is 60.3 Å². The number of nitrogens with zero attached hydrogens (tertiary/aromatic N) is 1. The van der Waals surface area contributed by atoms with Gasteiger partial charge in [0, 0.05) is 24.2 Å². The van der Waals surface area contributed by atoms with Crippen LogP contribution < -0.4 is 0 Å². The molecule has 0 unspecified atom stereocenters. The first-order chi connectivity index (χ1) is 14.0. The van der Waals surface area contributed by atoms with Crippen molar-refractivity contribution in [2.75, 3.05) is 13.1 Å². The van der Waals surface area contributed by atoms with Crippen LogP contribution >= 0.6 is 0 Å². The average molecular weight is 418 g/mol. The van der Waals surface area contributed by atoms with E-state index in [1.165, 1.54) is 0 Å². The number of esters is 2. The van der Waals surface area contributed by atoms with Crippen molar-refractivity contribution in [3.63, 3.8) is 0 Å². The first kappa shape index (κ1) is 23.4. The van der Waals surface area contributed by atoms with E-state index in [9.17, 15) is 14.4 Å². The molecule has 0 N–H and O–H groups in total. The molecule has 0 aromatic rings. The van der Waals surface area contributed by atoms with E-state index >= 15 is 0 Å². The quantitative estimate of drug-likeness (QED) is 0.327. The summed E-state index contributed by atoms with van der Waals surface area (Å²) in [4.78, 5) is 37.0. The van der Waals surface area contributed by atoms with E-state index in [1.807, 2.05) is 32.9 Å². The molecule has 1 amide bonds. The third-order valence-corrected chi connectivity index (χ3v) is 4.39. The monoisotopic (exact) mass is 417 g/mol. The number of hydrogen-bond donors (Lipinski definition) is 0. The van der Waals surface area contributed by atoms with Crippen LogP contribution in [0.2, 0.25) is 0 Å². The number of cyclic esters (lactones) is 2. The van der Waals surface area contributed by atoms with Crippen LogP contribution in [0.25, 0.3) is 0 Å². The molecule has 0 saturated heterocycles. The van der Waals surface area contributed by atoms with Gasteiger partial charge in [-0.25, -0.2) is 14.4 Å². The van der Waals surface area contributed by atoms with Gasteiger partial charge in [-0.3, -0.25) is 0 Å². The smallest absolute Gasteiger partial charge is 0.410 e. The number of unbranched alkanes of at least 4 members (excludes halogenated alkanes) is 2. The van der Waals surface area contributed by atoms with Gasteiger partial charge >= 0.3 is 18.0 Å². The molecule has 2 aliphatic rings. The van der Waals surface area contributed by atoms with E-state index in [0.29, 0.717) is 61.4 Å². The lowest BCUT2D eigenvalue weighted by Crippen LogP contribution is -2.38. The number of carbonyl (C=O) groups is 3. The normalized spacial score (nSPS) is 19.0. The second-order valence-corrected chi connectivity index (χ2v) is 8.40.